The molecule has 1 unspecified atom stereocenters. The van der Waals surface area contributed by atoms with Crippen LogP contribution in [-0.4, -0.2) is 29.1 Å². The molecule has 6 heteroatoms. The highest BCUT2D eigenvalue weighted by Gasteiger charge is 2.09. The second-order valence-corrected chi connectivity index (χ2v) is 4.87. The van der Waals surface area contributed by atoms with E-state index in [0.717, 1.165) is 12.8 Å². The summed E-state index contributed by atoms with van der Waals surface area (Å²) in [6.07, 6.45) is 4.35. The van der Waals surface area contributed by atoms with Gasteiger partial charge < -0.3 is 10.4 Å². The van der Waals surface area contributed by atoms with Crippen LogP contribution in [0.25, 0.3) is 6.08 Å². The molecular formula is C15H20N2O4. The molecule has 0 aromatic heterocycles. The van der Waals surface area contributed by atoms with Crippen molar-refractivity contribution < 1.29 is 14.8 Å². The first-order chi connectivity index (χ1) is 10.0. The first kappa shape index (κ1) is 16.8. The molecule has 0 spiro atoms. The van der Waals surface area contributed by atoms with E-state index in [2.05, 4.69) is 5.32 Å². The molecule has 0 bridgehead atoms. The summed E-state index contributed by atoms with van der Waals surface area (Å²) in [5.41, 5.74) is 0.366. The van der Waals surface area contributed by atoms with Crippen molar-refractivity contribution in [2.24, 2.45) is 5.92 Å². The zero-order valence-electron chi connectivity index (χ0n) is 12.0. The van der Waals surface area contributed by atoms with Gasteiger partial charge in [-0.1, -0.05) is 19.1 Å². The number of hydrogen-bond donors (Lipinski definition) is 2. The van der Waals surface area contributed by atoms with Crippen molar-refractivity contribution in [1.29, 1.82) is 0 Å². The van der Waals surface area contributed by atoms with Crippen LogP contribution >= 0.6 is 0 Å². The van der Waals surface area contributed by atoms with Crippen molar-refractivity contribution in [3.8, 4) is 0 Å². The molecule has 0 saturated heterocycles. The van der Waals surface area contributed by atoms with E-state index < -0.39 is 4.92 Å². The van der Waals surface area contributed by atoms with Crippen molar-refractivity contribution in [1.82, 2.24) is 5.32 Å². The van der Waals surface area contributed by atoms with Gasteiger partial charge in [-0.25, -0.2) is 0 Å². The molecular weight excluding hydrogens is 272 g/mol. The van der Waals surface area contributed by atoms with Crippen LogP contribution in [-0.2, 0) is 4.79 Å². The minimum Gasteiger partial charge on any atom is -0.396 e. The fraction of sp³-hybridized carbons (Fsp3) is 0.400. The third kappa shape index (κ3) is 6.18. The number of rotatable bonds is 8. The number of carbonyl (C=O) groups excluding carboxylic acids is 1. The lowest BCUT2D eigenvalue weighted by Crippen LogP contribution is -2.22. The topological polar surface area (TPSA) is 92.5 Å². The predicted octanol–water partition coefficient (Wildman–Crippen LogP) is 2.13. The SMILES string of the molecule is CC(CO)CCCNC(=O)/C=C/c1ccccc1[N+](=O)[O-]. The second kappa shape index (κ2) is 8.86. The molecule has 0 fully saturated rings. The van der Waals surface area contributed by atoms with Gasteiger partial charge in [-0.05, 0) is 30.9 Å². The summed E-state index contributed by atoms with van der Waals surface area (Å²) in [6.45, 7) is 2.60. The molecule has 0 aliphatic heterocycles. The van der Waals surface area contributed by atoms with Crippen LogP contribution in [0, 0.1) is 16.0 Å². The summed E-state index contributed by atoms with van der Waals surface area (Å²) in [5.74, 6) is -0.0609. The highest BCUT2D eigenvalue weighted by Crippen LogP contribution is 2.18. The lowest BCUT2D eigenvalue weighted by molar-refractivity contribution is -0.385. The number of nitro benzene ring substituents is 1. The van der Waals surface area contributed by atoms with Crippen LogP contribution < -0.4 is 5.32 Å². The fourth-order valence-electron chi connectivity index (χ4n) is 1.77. The molecule has 1 aromatic rings. The van der Waals surface area contributed by atoms with Crippen LogP contribution in [0.2, 0.25) is 0 Å². The maximum absolute atomic E-state index is 11.6. The van der Waals surface area contributed by atoms with Gasteiger partial charge in [0.15, 0.2) is 0 Å². The number of carbonyl (C=O) groups is 1. The van der Waals surface area contributed by atoms with E-state index in [1.165, 1.54) is 18.2 Å². The standard InChI is InChI=1S/C15H20N2O4/c1-12(11-18)5-4-10-16-15(19)9-8-13-6-2-3-7-14(13)17(20)21/h2-3,6-9,12,18H,4-5,10-11H2,1H3,(H,16,19)/b9-8+. The van der Waals surface area contributed by atoms with Gasteiger partial charge in [0, 0.05) is 25.3 Å². The zero-order chi connectivity index (χ0) is 15.7. The fourth-order valence-corrected chi connectivity index (χ4v) is 1.77. The molecule has 1 rings (SSSR count). The Balaban J connectivity index is 2.46. The van der Waals surface area contributed by atoms with E-state index in [0.29, 0.717) is 12.1 Å². The smallest absolute Gasteiger partial charge is 0.276 e. The van der Waals surface area contributed by atoms with E-state index in [-0.39, 0.29) is 24.1 Å². The maximum atomic E-state index is 11.6. The van der Waals surface area contributed by atoms with Gasteiger partial charge in [-0.15, -0.1) is 0 Å². The number of amides is 1. The highest BCUT2D eigenvalue weighted by molar-refractivity contribution is 5.92. The molecule has 0 aliphatic carbocycles. The molecule has 0 saturated carbocycles. The lowest BCUT2D eigenvalue weighted by Gasteiger charge is -2.07. The molecule has 6 nitrogen and oxygen atoms in total. The van der Waals surface area contributed by atoms with Gasteiger partial charge in [0.25, 0.3) is 5.69 Å². The predicted molar refractivity (Wildman–Crippen MR) is 80.6 cm³/mol. The van der Waals surface area contributed by atoms with Crippen LogP contribution in [0.15, 0.2) is 30.3 Å². The summed E-state index contributed by atoms with van der Waals surface area (Å²) < 4.78 is 0. The molecule has 1 amide bonds. The Labute approximate surface area is 123 Å². The second-order valence-electron chi connectivity index (χ2n) is 4.87. The summed E-state index contributed by atoms with van der Waals surface area (Å²) in [4.78, 5) is 21.9. The lowest BCUT2D eigenvalue weighted by atomic mass is 10.1. The van der Waals surface area contributed by atoms with E-state index in [9.17, 15) is 14.9 Å². The van der Waals surface area contributed by atoms with E-state index >= 15 is 0 Å². The molecule has 1 aromatic carbocycles. The van der Waals surface area contributed by atoms with Gasteiger partial charge in [-0.3, -0.25) is 14.9 Å². The first-order valence-corrected chi connectivity index (χ1v) is 6.84. The normalized spacial score (nSPS) is 12.3. The van der Waals surface area contributed by atoms with E-state index in [4.69, 9.17) is 5.11 Å². The Hall–Kier alpha value is -2.21. The highest BCUT2D eigenvalue weighted by atomic mass is 16.6. The monoisotopic (exact) mass is 292 g/mol. The van der Waals surface area contributed by atoms with Crippen molar-refractivity contribution in [3.63, 3.8) is 0 Å². The van der Waals surface area contributed by atoms with Gasteiger partial charge in [0.1, 0.15) is 0 Å². The quantitative estimate of drug-likeness (QED) is 0.332. The minimum atomic E-state index is -0.478. The van der Waals surface area contributed by atoms with Gasteiger partial charge in [0.05, 0.1) is 10.5 Å². The van der Waals surface area contributed by atoms with E-state index in [1.54, 1.807) is 18.2 Å². The third-order valence-electron chi connectivity index (χ3n) is 3.03. The Bertz CT molecular complexity index is 514. The molecule has 2 N–H and O–H groups in total. The average Bonchev–Trinajstić information content (AvgIpc) is 2.49. The van der Waals surface area contributed by atoms with Crippen LogP contribution in [0.3, 0.4) is 0 Å². The Morgan fingerprint density at radius 3 is 2.86 bits per heavy atom. The number of aliphatic hydroxyl groups excluding tert-OH is 1. The number of aliphatic hydroxyl groups is 1. The van der Waals surface area contributed by atoms with Crippen molar-refractivity contribution >= 4 is 17.7 Å². The number of para-hydroxylation sites is 1. The van der Waals surface area contributed by atoms with Crippen LogP contribution in [0.1, 0.15) is 25.3 Å². The molecule has 0 radical (unpaired) electrons. The van der Waals surface area contributed by atoms with Crippen molar-refractivity contribution in [2.45, 2.75) is 19.8 Å². The van der Waals surface area contributed by atoms with Crippen molar-refractivity contribution in [3.05, 3.63) is 46.0 Å². The number of nitrogens with one attached hydrogen (secondary N) is 1. The van der Waals surface area contributed by atoms with Gasteiger partial charge in [-0.2, -0.15) is 0 Å². The van der Waals surface area contributed by atoms with E-state index in [1.807, 2.05) is 6.92 Å². The summed E-state index contributed by atoms with van der Waals surface area (Å²) in [7, 11) is 0. The Morgan fingerprint density at radius 2 is 2.19 bits per heavy atom. The zero-order valence-corrected chi connectivity index (χ0v) is 12.0. The Kier molecular flexibility index (Phi) is 7.11. The number of nitro groups is 1. The third-order valence-corrected chi connectivity index (χ3v) is 3.03. The first-order valence-electron chi connectivity index (χ1n) is 6.84. The van der Waals surface area contributed by atoms with Crippen LogP contribution in [0.4, 0.5) is 5.69 Å². The number of hydrogen-bond acceptors (Lipinski definition) is 4. The van der Waals surface area contributed by atoms with Gasteiger partial charge in [0.2, 0.25) is 5.91 Å². The van der Waals surface area contributed by atoms with Gasteiger partial charge >= 0.3 is 0 Å². The summed E-state index contributed by atoms with van der Waals surface area (Å²) in [6, 6.07) is 6.25. The number of nitrogens with zero attached hydrogens (tertiary/aromatic N) is 1. The summed E-state index contributed by atoms with van der Waals surface area (Å²) >= 11 is 0. The summed E-state index contributed by atoms with van der Waals surface area (Å²) in [5, 5.41) is 22.4. The molecule has 0 heterocycles. The molecule has 1 atom stereocenters. The molecule has 21 heavy (non-hydrogen) atoms. The maximum Gasteiger partial charge on any atom is 0.276 e. The van der Waals surface area contributed by atoms with Crippen molar-refractivity contribution in [2.75, 3.05) is 13.2 Å². The minimum absolute atomic E-state index is 0.0293. The molecule has 0 aliphatic rings. The Morgan fingerprint density at radius 1 is 1.48 bits per heavy atom. The van der Waals surface area contributed by atoms with Crippen LogP contribution in [0.5, 0.6) is 0 Å². The molecule has 114 valence electrons. The number of benzene rings is 1. The largest absolute Gasteiger partial charge is 0.396 e. The average molecular weight is 292 g/mol.